The molecule has 0 spiro atoms. The molecule has 0 heterocycles. The van der Waals surface area contributed by atoms with Gasteiger partial charge in [-0.05, 0) is 28.4 Å². The van der Waals surface area contributed by atoms with E-state index in [1.54, 1.807) is 0 Å². The van der Waals surface area contributed by atoms with Crippen molar-refractivity contribution in [2.24, 2.45) is 11.1 Å². The zero-order valence-corrected chi connectivity index (χ0v) is 12.5. The lowest BCUT2D eigenvalue weighted by molar-refractivity contribution is -0.138. The van der Waals surface area contributed by atoms with Crippen molar-refractivity contribution in [2.75, 3.05) is 0 Å². The second-order valence-electron chi connectivity index (χ2n) is 7.06. The SMILES string of the molecule is CC(C)(C)CC(C)(C)c1ccc(C(N)C(=O)O)cc1. The predicted molar refractivity (Wildman–Crippen MR) is 78.1 cm³/mol. The Kier molecular flexibility index (Phi) is 4.41. The van der Waals surface area contributed by atoms with Crippen molar-refractivity contribution in [1.82, 2.24) is 0 Å². The first-order chi connectivity index (χ1) is 8.53. The normalized spacial score (nSPS) is 14.2. The third-order valence-electron chi connectivity index (χ3n) is 3.29. The molecule has 1 unspecified atom stereocenters. The van der Waals surface area contributed by atoms with Crippen molar-refractivity contribution in [3.05, 3.63) is 35.4 Å². The van der Waals surface area contributed by atoms with Gasteiger partial charge in [-0.25, -0.2) is 0 Å². The van der Waals surface area contributed by atoms with Gasteiger partial charge in [0.1, 0.15) is 6.04 Å². The summed E-state index contributed by atoms with van der Waals surface area (Å²) >= 11 is 0. The van der Waals surface area contributed by atoms with E-state index in [2.05, 4.69) is 34.6 Å². The average molecular weight is 263 g/mol. The minimum atomic E-state index is -0.998. The molecular formula is C16H25NO2. The highest BCUT2D eigenvalue weighted by Crippen LogP contribution is 2.36. The van der Waals surface area contributed by atoms with Crippen LogP contribution in [-0.4, -0.2) is 11.1 Å². The second-order valence-corrected chi connectivity index (χ2v) is 7.06. The lowest BCUT2D eigenvalue weighted by atomic mass is 9.72. The summed E-state index contributed by atoms with van der Waals surface area (Å²) in [5.74, 6) is -0.998. The molecule has 0 fully saturated rings. The van der Waals surface area contributed by atoms with E-state index in [0.717, 1.165) is 6.42 Å². The first-order valence-corrected chi connectivity index (χ1v) is 6.62. The molecule has 1 atom stereocenters. The van der Waals surface area contributed by atoms with Crippen molar-refractivity contribution in [2.45, 2.75) is 52.5 Å². The van der Waals surface area contributed by atoms with Crippen molar-refractivity contribution in [3.63, 3.8) is 0 Å². The van der Waals surface area contributed by atoms with E-state index < -0.39 is 12.0 Å². The van der Waals surface area contributed by atoms with Gasteiger partial charge in [-0.3, -0.25) is 4.79 Å². The Labute approximate surface area is 115 Å². The monoisotopic (exact) mass is 263 g/mol. The molecule has 1 aromatic carbocycles. The van der Waals surface area contributed by atoms with Gasteiger partial charge in [-0.2, -0.15) is 0 Å². The number of nitrogens with two attached hydrogens (primary N) is 1. The number of aliphatic carboxylic acids is 1. The van der Waals surface area contributed by atoms with Crippen LogP contribution in [0.5, 0.6) is 0 Å². The molecule has 106 valence electrons. The number of carboxylic acids is 1. The van der Waals surface area contributed by atoms with Gasteiger partial charge in [0.2, 0.25) is 0 Å². The summed E-state index contributed by atoms with van der Waals surface area (Å²) in [7, 11) is 0. The summed E-state index contributed by atoms with van der Waals surface area (Å²) in [4.78, 5) is 10.8. The Morgan fingerprint density at radius 1 is 1.16 bits per heavy atom. The Hall–Kier alpha value is -1.35. The van der Waals surface area contributed by atoms with Gasteiger partial charge in [0, 0.05) is 0 Å². The maximum Gasteiger partial charge on any atom is 0.325 e. The molecule has 0 aliphatic carbocycles. The third kappa shape index (κ3) is 4.35. The summed E-state index contributed by atoms with van der Waals surface area (Å²) in [5.41, 5.74) is 7.76. The third-order valence-corrected chi connectivity index (χ3v) is 3.29. The number of hydrogen-bond acceptors (Lipinski definition) is 2. The van der Waals surface area contributed by atoms with Crippen LogP contribution in [0.15, 0.2) is 24.3 Å². The highest BCUT2D eigenvalue weighted by Gasteiger charge is 2.27. The number of rotatable bonds is 4. The molecule has 19 heavy (non-hydrogen) atoms. The molecule has 3 nitrogen and oxygen atoms in total. The molecular weight excluding hydrogens is 238 g/mol. The lowest BCUT2D eigenvalue weighted by Gasteiger charge is -2.33. The molecule has 1 rings (SSSR count). The Morgan fingerprint density at radius 2 is 1.63 bits per heavy atom. The van der Waals surface area contributed by atoms with Gasteiger partial charge >= 0.3 is 5.97 Å². The zero-order valence-electron chi connectivity index (χ0n) is 12.5. The van der Waals surface area contributed by atoms with E-state index in [0.29, 0.717) is 5.56 Å². The Morgan fingerprint density at radius 3 is 2.00 bits per heavy atom. The molecule has 0 radical (unpaired) electrons. The fourth-order valence-electron chi connectivity index (χ4n) is 2.71. The smallest absolute Gasteiger partial charge is 0.325 e. The van der Waals surface area contributed by atoms with E-state index in [1.807, 2.05) is 24.3 Å². The molecule has 0 aliphatic rings. The van der Waals surface area contributed by atoms with Crippen LogP contribution in [0.25, 0.3) is 0 Å². The molecule has 0 saturated heterocycles. The maximum absolute atomic E-state index is 10.8. The van der Waals surface area contributed by atoms with E-state index in [4.69, 9.17) is 10.8 Å². The quantitative estimate of drug-likeness (QED) is 0.874. The fraction of sp³-hybridized carbons (Fsp3) is 0.562. The zero-order chi connectivity index (χ0) is 14.8. The van der Waals surface area contributed by atoms with Crippen molar-refractivity contribution >= 4 is 5.97 Å². The van der Waals surface area contributed by atoms with E-state index in [-0.39, 0.29) is 10.8 Å². The van der Waals surface area contributed by atoms with Crippen LogP contribution in [0.3, 0.4) is 0 Å². The minimum absolute atomic E-state index is 0.0596. The minimum Gasteiger partial charge on any atom is -0.480 e. The first-order valence-electron chi connectivity index (χ1n) is 6.62. The highest BCUT2D eigenvalue weighted by atomic mass is 16.4. The van der Waals surface area contributed by atoms with Gasteiger partial charge in [0.15, 0.2) is 0 Å². The number of carbonyl (C=O) groups is 1. The van der Waals surface area contributed by atoms with Crippen LogP contribution < -0.4 is 5.73 Å². The van der Waals surface area contributed by atoms with Gasteiger partial charge in [0.25, 0.3) is 0 Å². The highest BCUT2D eigenvalue weighted by molar-refractivity contribution is 5.75. The first kappa shape index (κ1) is 15.7. The predicted octanol–water partition coefficient (Wildman–Crippen LogP) is 3.48. The van der Waals surface area contributed by atoms with Crippen molar-refractivity contribution in [3.8, 4) is 0 Å². The standard InChI is InChI=1S/C16H25NO2/c1-15(2,3)10-16(4,5)12-8-6-11(7-9-12)13(17)14(18)19/h6-9,13H,10,17H2,1-5H3,(H,18,19). The van der Waals surface area contributed by atoms with Crippen LogP contribution in [0.4, 0.5) is 0 Å². The fourth-order valence-corrected chi connectivity index (χ4v) is 2.71. The van der Waals surface area contributed by atoms with Crippen LogP contribution in [0.1, 0.15) is 58.2 Å². The maximum atomic E-state index is 10.8. The number of hydrogen-bond donors (Lipinski definition) is 2. The lowest BCUT2D eigenvalue weighted by Crippen LogP contribution is -2.25. The molecule has 3 heteroatoms. The molecule has 3 N–H and O–H groups in total. The van der Waals surface area contributed by atoms with Gasteiger partial charge in [0.05, 0.1) is 0 Å². The summed E-state index contributed by atoms with van der Waals surface area (Å²) in [6.07, 6.45) is 1.06. The molecule has 0 aliphatic heterocycles. The average Bonchev–Trinajstić information content (AvgIpc) is 2.25. The van der Waals surface area contributed by atoms with E-state index >= 15 is 0 Å². The largest absolute Gasteiger partial charge is 0.480 e. The molecule has 1 aromatic rings. The van der Waals surface area contributed by atoms with Crippen molar-refractivity contribution in [1.29, 1.82) is 0 Å². The van der Waals surface area contributed by atoms with Gasteiger partial charge in [-0.1, -0.05) is 58.9 Å². The van der Waals surface area contributed by atoms with Crippen LogP contribution >= 0.6 is 0 Å². The summed E-state index contributed by atoms with van der Waals surface area (Å²) in [6.45, 7) is 11.1. The summed E-state index contributed by atoms with van der Waals surface area (Å²) < 4.78 is 0. The van der Waals surface area contributed by atoms with Crippen LogP contribution in [-0.2, 0) is 10.2 Å². The molecule has 0 bridgehead atoms. The van der Waals surface area contributed by atoms with Gasteiger partial charge < -0.3 is 10.8 Å². The van der Waals surface area contributed by atoms with Crippen LogP contribution in [0.2, 0.25) is 0 Å². The Bertz CT molecular complexity index is 441. The van der Waals surface area contributed by atoms with E-state index in [1.165, 1.54) is 5.56 Å². The summed E-state index contributed by atoms with van der Waals surface area (Å²) in [5, 5.41) is 8.89. The topological polar surface area (TPSA) is 63.3 Å². The van der Waals surface area contributed by atoms with Gasteiger partial charge in [-0.15, -0.1) is 0 Å². The number of benzene rings is 1. The van der Waals surface area contributed by atoms with Crippen molar-refractivity contribution < 1.29 is 9.90 Å². The number of carboxylic acid groups (broad SMARTS) is 1. The second kappa shape index (κ2) is 5.33. The molecule has 0 amide bonds. The molecule has 0 saturated carbocycles. The molecule has 0 aromatic heterocycles. The van der Waals surface area contributed by atoms with E-state index in [9.17, 15) is 4.79 Å². The van der Waals surface area contributed by atoms with Crippen LogP contribution in [0, 0.1) is 5.41 Å². The summed E-state index contributed by atoms with van der Waals surface area (Å²) in [6, 6.07) is 6.67. The Balaban J connectivity index is 2.95.